The molecule has 228 valence electrons. The fourth-order valence-electron chi connectivity index (χ4n) is 8.15. The molecule has 5 aliphatic rings. The Labute approximate surface area is 245 Å². The van der Waals surface area contributed by atoms with Gasteiger partial charge in [-0.1, -0.05) is 22.3 Å². The highest BCUT2D eigenvalue weighted by molar-refractivity contribution is 6.04. The SMILES string of the molecule is CCOC(=O)C1(C(=O)OCC)CC2=C(CC3C(=O)C4CC5=C(CC4C(=O)C3C2)CC(C(=O)OCC)(C(=O)OCC)C5)C1. The maximum absolute atomic E-state index is 14.0. The monoisotopic (exact) mass is 584 g/mol. The molecular formula is C32H40O10. The topological polar surface area (TPSA) is 139 Å². The van der Waals surface area contributed by atoms with Crippen LogP contribution in [0.1, 0.15) is 79.1 Å². The summed E-state index contributed by atoms with van der Waals surface area (Å²) < 4.78 is 21.2. The van der Waals surface area contributed by atoms with E-state index in [2.05, 4.69) is 0 Å². The fraction of sp³-hybridized carbons (Fsp3) is 0.688. The normalized spacial score (nSPS) is 28.8. The van der Waals surface area contributed by atoms with Gasteiger partial charge in [-0.15, -0.1) is 0 Å². The predicted octanol–water partition coefficient (Wildman–Crippen LogP) is 3.60. The van der Waals surface area contributed by atoms with Gasteiger partial charge in [0.25, 0.3) is 0 Å². The van der Waals surface area contributed by atoms with Gasteiger partial charge in [0.15, 0.2) is 10.8 Å². The summed E-state index contributed by atoms with van der Waals surface area (Å²) in [6, 6.07) is 0. The second-order valence-corrected chi connectivity index (χ2v) is 12.2. The lowest BCUT2D eigenvalue weighted by atomic mass is 9.57. The molecule has 0 saturated heterocycles. The molecule has 0 aromatic rings. The van der Waals surface area contributed by atoms with Gasteiger partial charge < -0.3 is 18.9 Å². The molecule has 0 spiro atoms. The highest BCUT2D eigenvalue weighted by atomic mass is 16.6. The van der Waals surface area contributed by atoms with Gasteiger partial charge >= 0.3 is 23.9 Å². The average Bonchev–Trinajstić information content (AvgIpc) is 3.55. The zero-order valence-corrected chi connectivity index (χ0v) is 24.9. The third kappa shape index (κ3) is 4.61. The highest BCUT2D eigenvalue weighted by Gasteiger charge is 2.61. The summed E-state index contributed by atoms with van der Waals surface area (Å²) in [5, 5.41) is 0. The van der Waals surface area contributed by atoms with E-state index in [9.17, 15) is 28.8 Å². The smallest absolute Gasteiger partial charge is 0.324 e. The number of esters is 4. The number of hydrogen-bond acceptors (Lipinski definition) is 10. The second kappa shape index (κ2) is 11.4. The molecule has 0 heterocycles. The van der Waals surface area contributed by atoms with Crippen molar-refractivity contribution in [2.75, 3.05) is 26.4 Å². The van der Waals surface area contributed by atoms with Crippen molar-refractivity contribution < 1.29 is 47.7 Å². The molecule has 10 heteroatoms. The molecule has 0 aromatic heterocycles. The number of Topliss-reactive ketones (excluding diaryl/α,β-unsaturated/α-hetero) is 2. The van der Waals surface area contributed by atoms with E-state index >= 15 is 0 Å². The molecule has 4 atom stereocenters. The van der Waals surface area contributed by atoms with E-state index in [-0.39, 0.29) is 63.7 Å². The first kappa shape index (κ1) is 30.2. The van der Waals surface area contributed by atoms with Crippen molar-refractivity contribution in [3.8, 4) is 0 Å². The second-order valence-electron chi connectivity index (χ2n) is 12.2. The van der Waals surface area contributed by atoms with E-state index in [1.165, 1.54) is 0 Å². The van der Waals surface area contributed by atoms with E-state index in [1.807, 2.05) is 0 Å². The van der Waals surface area contributed by atoms with Gasteiger partial charge in [-0.2, -0.15) is 0 Å². The minimum Gasteiger partial charge on any atom is -0.465 e. The van der Waals surface area contributed by atoms with E-state index in [0.717, 1.165) is 22.3 Å². The van der Waals surface area contributed by atoms with Crippen molar-refractivity contribution in [3.05, 3.63) is 22.3 Å². The Morgan fingerprint density at radius 3 is 0.905 bits per heavy atom. The van der Waals surface area contributed by atoms with Crippen molar-refractivity contribution in [3.63, 3.8) is 0 Å². The van der Waals surface area contributed by atoms with E-state index in [1.54, 1.807) is 27.7 Å². The van der Waals surface area contributed by atoms with Crippen LogP contribution < -0.4 is 0 Å². The molecule has 42 heavy (non-hydrogen) atoms. The van der Waals surface area contributed by atoms with Gasteiger partial charge in [0.05, 0.1) is 26.4 Å². The van der Waals surface area contributed by atoms with Crippen LogP contribution in [0, 0.1) is 34.5 Å². The Morgan fingerprint density at radius 1 is 0.500 bits per heavy atom. The molecule has 0 bridgehead atoms. The number of ketones is 2. The minimum absolute atomic E-state index is 0.0113. The van der Waals surface area contributed by atoms with E-state index in [0.29, 0.717) is 25.7 Å². The van der Waals surface area contributed by atoms with Crippen LogP contribution in [-0.2, 0) is 47.7 Å². The number of ether oxygens (including phenoxy) is 4. The average molecular weight is 585 g/mol. The Hall–Kier alpha value is -3.30. The molecule has 0 aromatic carbocycles. The number of carbonyl (C=O) groups is 6. The van der Waals surface area contributed by atoms with Crippen LogP contribution in [0.25, 0.3) is 0 Å². The third-order valence-corrected chi connectivity index (χ3v) is 10.0. The molecule has 10 nitrogen and oxygen atoms in total. The van der Waals surface area contributed by atoms with Gasteiger partial charge in [0, 0.05) is 23.7 Å². The van der Waals surface area contributed by atoms with Gasteiger partial charge in [-0.25, -0.2) is 0 Å². The van der Waals surface area contributed by atoms with Crippen LogP contribution in [0.4, 0.5) is 0 Å². The van der Waals surface area contributed by atoms with Crippen LogP contribution in [-0.4, -0.2) is 61.9 Å². The largest absolute Gasteiger partial charge is 0.465 e. The molecule has 0 radical (unpaired) electrons. The summed E-state index contributed by atoms with van der Waals surface area (Å²) in [4.78, 5) is 80.3. The van der Waals surface area contributed by atoms with Gasteiger partial charge in [0.2, 0.25) is 0 Å². The van der Waals surface area contributed by atoms with E-state index < -0.39 is 58.4 Å². The first-order valence-electron chi connectivity index (χ1n) is 15.2. The highest BCUT2D eigenvalue weighted by Crippen LogP contribution is 2.58. The standard InChI is InChI=1S/C32H40O10/c1-5-39-27(35)31(28(36)40-6-2)13-17-9-21-22(10-18(17)14-31)26(34)24-12-20-16-32(29(37)41-7-3,30(38)42-8-4)15-19(20)11-23(24)25(21)33/h21-24H,5-16H2,1-4H3. The molecule has 1 fully saturated rings. The van der Waals surface area contributed by atoms with Crippen LogP contribution >= 0.6 is 0 Å². The number of hydrogen-bond donors (Lipinski definition) is 0. The molecule has 0 aliphatic heterocycles. The predicted molar refractivity (Wildman–Crippen MR) is 146 cm³/mol. The zero-order chi connectivity index (χ0) is 30.4. The zero-order valence-electron chi connectivity index (χ0n) is 24.9. The lowest BCUT2D eigenvalue weighted by Gasteiger charge is -2.44. The Bertz CT molecular complexity index is 1100. The van der Waals surface area contributed by atoms with Crippen molar-refractivity contribution in [2.45, 2.75) is 79.1 Å². The van der Waals surface area contributed by atoms with Crippen molar-refractivity contribution in [2.24, 2.45) is 34.5 Å². The van der Waals surface area contributed by atoms with Gasteiger partial charge in [-0.3, -0.25) is 28.8 Å². The first-order chi connectivity index (χ1) is 20.1. The number of fused-ring (bicyclic) bond motifs is 2. The van der Waals surface area contributed by atoms with Crippen LogP contribution in [0.2, 0.25) is 0 Å². The minimum atomic E-state index is -1.48. The van der Waals surface area contributed by atoms with Crippen LogP contribution in [0.3, 0.4) is 0 Å². The van der Waals surface area contributed by atoms with Crippen LogP contribution in [0.15, 0.2) is 22.3 Å². The lowest BCUT2D eigenvalue weighted by molar-refractivity contribution is -0.173. The van der Waals surface area contributed by atoms with Gasteiger partial charge in [0.1, 0.15) is 11.6 Å². The summed E-state index contributed by atoms with van der Waals surface area (Å²) in [6.45, 7) is 7.23. The number of rotatable bonds is 8. The molecule has 0 N–H and O–H groups in total. The summed E-state index contributed by atoms with van der Waals surface area (Å²) in [7, 11) is 0. The fourth-order valence-corrected chi connectivity index (χ4v) is 8.15. The maximum atomic E-state index is 14.0. The summed E-state index contributed by atoms with van der Waals surface area (Å²) in [6.07, 6.45) is 1.86. The van der Waals surface area contributed by atoms with Crippen molar-refractivity contribution in [1.82, 2.24) is 0 Å². The molecule has 5 aliphatic carbocycles. The molecule has 1 saturated carbocycles. The summed E-state index contributed by atoms with van der Waals surface area (Å²) >= 11 is 0. The molecule has 5 rings (SSSR count). The van der Waals surface area contributed by atoms with Gasteiger partial charge in [-0.05, 0) is 79.1 Å². The summed E-state index contributed by atoms with van der Waals surface area (Å²) in [5.74, 6) is -4.59. The molecule has 4 unspecified atom stereocenters. The lowest BCUT2D eigenvalue weighted by Crippen LogP contribution is -2.50. The number of carbonyl (C=O) groups excluding carboxylic acids is 6. The first-order valence-corrected chi connectivity index (χ1v) is 15.2. The summed E-state index contributed by atoms with van der Waals surface area (Å²) in [5.41, 5.74) is 0.536. The molecular weight excluding hydrogens is 544 g/mol. The van der Waals surface area contributed by atoms with Crippen molar-refractivity contribution >= 4 is 35.4 Å². The third-order valence-electron chi connectivity index (χ3n) is 10.0. The Morgan fingerprint density at radius 2 is 0.714 bits per heavy atom. The van der Waals surface area contributed by atoms with Crippen LogP contribution in [0.5, 0.6) is 0 Å². The quantitative estimate of drug-likeness (QED) is 0.180. The Balaban J connectivity index is 1.38. The van der Waals surface area contributed by atoms with E-state index in [4.69, 9.17) is 18.9 Å². The van der Waals surface area contributed by atoms with Crippen molar-refractivity contribution in [1.29, 1.82) is 0 Å². The number of allylic oxidation sites excluding steroid dienone is 4. The maximum Gasteiger partial charge on any atom is 0.324 e. The molecule has 0 amide bonds. The Kier molecular flexibility index (Phi) is 8.20.